The summed E-state index contributed by atoms with van der Waals surface area (Å²) in [5, 5.41) is 1.68. The van der Waals surface area contributed by atoms with Crippen molar-refractivity contribution < 1.29 is 0 Å². The van der Waals surface area contributed by atoms with Crippen molar-refractivity contribution in [3.8, 4) is 0 Å². The van der Waals surface area contributed by atoms with Crippen LogP contribution in [0.15, 0.2) is 57.5 Å². The van der Waals surface area contributed by atoms with E-state index in [2.05, 4.69) is 87.3 Å². The molecule has 3 unspecified atom stereocenters. The van der Waals surface area contributed by atoms with E-state index in [9.17, 15) is 0 Å². The highest BCUT2D eigenvalue weighted by molar-refractivity contribution is 9.10. The van der Waals surface area contributed by atoms with E-state index < -0.39 is 7.26 Å². The third-order valence-corrected chi connectivity index (χ3v) is 12.6. The molecular formula is C22H26Br2P+. The van der Waals surface area contributed by atoms with Crippen LogP contribution < -0.4 is 5.30 Å². The molecule has 0 radical (unpaired) electrons. The summed E-state index contributed by atoms with van der Waals surface area (Å²) in [5.74, 6) is 0.920. The van der Waals surface area contributed by atoms with E-state index in [1.165, 1.54) is 53.1 Å². The molecular weight excluding hydrogens is 455 g/mol. The van der Waals surface area contributed by atoms with Gasteiger partial charge in [-0.2, -0.15) is 0 Å². The zero-order valence-corrected chi connectivity index (χ0v) is 18.9. The first-order valence-corrected chi connectivity index (χ1v) is 13.4. The Bertz CT molecular complexity index is 694. The molecule has 2 bridgehead atoms. The van der Waals surface area contributed by atoms with E-state index in [1.54, 1.807) is 10.9 Å². The van der Waals surface area contributed by atoms with Crippen molar-refractivity contribution in [1.29, 1.82) is 0 Å². The van der Waals surface area contributed by atoms with Crippen LogP contribution in [0.25, 0.3) is 0 Å². The highest BCUT2D eigenvalue weighted by atomic mass is 79.9. The lowest BCUT2D eigenvalue weighted by Gasteiger charge is -2.49. The Morgan fingerprint density at radius 1 is 1.00 bits per heavy atom. The molecule has 2 aromatic carbocycles. The monoisotopic (exact) mass is 479 g/mol. The Hall–Kier alpha value is -0.170. The van der Waals surface area contributed by atoms with Gasteiger partial charge in [0.15, 0.2) is 0 Å². The van der Waals surface area contributed by atoms with E-state index in [4.69, 9.17) is 0 Å². The molecule has 0 N–H and O–H groups in total. The van der Waals surface area contributed by atoms with Gasteiger partial charge in [0.2, 0.25) is 0 Å². The first-order valence-electron chi connectivity index (χ1n) is 9.44. The van der Waals surface area contributed by atoms with Gasteiger partial charge in [-0.05, 0) is 73.6 Å². The average Bonchev–Trinajstić information content (AvgIpc) is 2.62. The van der Waals surface area contributed by atoms with Crippen LogP contribution in [-0.4, -0.2) is 18.5 Å². The van der Waals surface area contributed by atoms with Crippen LogP contribution in [-0.2, 0) is 5.41 Å². The quantitative estimate of drug-likeness (QED) is 0.414. The second kappa shape index (κ2) is 7.10. The van der Waals surface area contributed by atoms with Gasteiger partial charge in [0, 0.05) is 21.6 Å². The molecule has 2 aliphatic rings. The summed E-state index contributed by atoms with van der Waals surface area (Å²) < 4.78 is 2.39. The number of hydrogen-bond donors (Lipinski definition) is 0. The van der Waals surface area contributed by atoms with Crippen LogP contribution in [0, 0.1) is 5.92 Å². The predicted molar refractivity (Wildman–Crippen MR) is 119 cm³/mol. The molecule has 0 spiro atoms. The second-order valence-corrected chi connectivity index (χ2v) is 13.8. The number of fused-ring (bicyclic) bond motifs is 2. The summed E-state index contributed by atoms with van der Waals surface area (Å²) in [5.41, 5.74) is 1.96. The molecule has 2 aromatic rings. The van der Waals surface area contributed by atoms with Crippen molar-refractivity contribution in [2.24, 2.45) is 5.92 Å². The molecule has 25 heavy (non-hydrogen) atoms. The Balaban J connectivity index is 1.77. The van der Waals surface area contributed by atoms with Gasteiger partial charge in [0.25, 0.3) is 0 Å². The van der Waals surface area contributed by atoms with Crippen molar-refractivity contribution >= 4 is 44.4 Å². The molecule has 2 saturated heterocycles. The Morgan fingerprint density at radius 2 is 1.64 bits per heavy atom. The summed E-state index contributed by atoms with van der Waals surface area (Å²) in [6, 6.07) is 18.6. The molecule has 3 heteroatoms. The molecule has 0 nitrogen and oxygen atoms in total. The van der Waals surface area contributed by atoms with Crippen molar-refractivity contribution in [2.45, 2.75) is 38.0 Å². The van der Waals surface area contributed by atoms with Crippen LogP contribution in [0.4, 0.5) is 0 Å². The van der Waals surface area contributed by atoms with E-state index in [0.29, 0.717) is 5.41 Å². The average molecular weight is 481 g/mol. The Labute approximate surface area is 169 Å². The van der Waals surface area contributed by atoms with E-state index in [0.717, 1.165) is 5.92 Å². The molecule has 2 aliphatic heterocycles. The fraction of sp³-hybridized carbons (Fsp3) is 0.455. The highest BCUT2D eigenvalue weighted by Crippen LogP contribution is 2.70. The molecule has 0 amide bonds. The van der Waals surface area contributed by atoms with Gasteiger partial charge < -0.3 is 0 Å². The minimum atomic E-state index is -1.06. The van der Waals surface area contributed by atoms with Gasteiger partial charge in [0.05, 0.1) is 23.8 Å². The van der Waals surface area contributed by atoms with Crippen LogP contribution >= 0.6 is 39.1 Å². The van der Waals surface area contributed by atoms with Gasteiger partial charge in [-0.3, -0.25) is 0 Å². The summed E-state index contributed by atoms with van der Waals surface area (Å²) in [6.45, 7) is 2.42. The first-order chi connectivity index (χ1) is 12.1. The minimum absolute atomic E-state index is 0.380. The SMILES string of the molecule is CCC1(c2ccc(Br)cc2)CC2CCC[P+](c3ccc(Br)cc3)(C2)C1. The molecule has 4 rings (SSSR count). The third-order valence-electron chi connectivity index (χ3n) is 6.60. The van der Waals surface area contributed by atoms with E-state index in [1.807, 2.05) is 0 Å². The number of halogens is 2. The molecule has 0 saturated carbocycles. The van der Waals surface area contributed by atoms with Crippen LogP contribution in [0.1, 0.15) is 38.2 Å². The Morgan fingerprint density at radius 3 is 2.28 bits per heavy atom. The fourth-order valence-corrected chi connectivity index (χ4v) is 11.6. The van der Waals surface area contributed by atoms with Gasteiger partial charge in [-0.25, -0.2) is 0 Å². The van der Waals surface area contributed by atoms with Crippen molar-refractivity contribution in [2.75, 3.05) is 18.5 Å². The van der Waals surface area contributed by atoms with Crippen LogP contribution in [0.3, 0.4) is 0 Å². The lowest BCUT2D eigenvalue weighted by molar-refractivity contribution is 0.310. The topological polar surface area (TPSA) is 0 Å². The molecule has 2 fully saturated rings. The maximum absolute atomic E-state index is 3.62. The molecule has 2 heterocycles. The first kappa shape index (κ1) is 18.2. The maximum Gasteiger partial charge on any atom is 0.0940 e. The zero-order valence-electron chi connectivity index (χ0n) is 14.8. The molecule has 132 valence electrons. The van der Waals surface area contributed by atoms with Crippen molar-refractivity contribution in [1.82, 2.24) is 0 Å². The predicted octanol–water partition coefficient (Wildman–Crippen LogP) is 7.02. The maximum atomic E-state index is 3.62. The van der Waals surface area contributed by atoms with Crippen LogP contribution in [0.5, 0.6) is 0 Å². The lowest BCUT2D eigenvalue weighted by Crippen LogP contribution is -2.45. The van der Waals surface area contributed by atoms with Gasteiger partial charge in [-0.1, -0.05) is 50.9 Å². The number of rotatable bonds is 3. The van der Waals surface area contributed by atoms with Gasteiger partial charge in [-0.15, -0.1) is 0 Å². The number of benzene rings is 2. The zero-order chi connectivity index (χ0) is 17.5. The summed E-state index contributed by atoms with van der Waals surface area (Å²) in [7, 11) is -1.06. The summed E-state index contributed by atoms with van der Waals surface area (Å²) >= 11 is 7.24. The summed E-state index contributed by atoms with van der Waals surface area (Å²) in [6.07, 6.45) is 9.91. The normalized spacial score (nSPS) is 31.7. The number of hydrogen-bond acceptors (Lipinski definition) is 0. The Kier molecular flexibility index (Phi) is 5.17. The van der Waals surface area contributed by atoms with E-state index >= 15 is 0 Å². The highest BCUT2D eigenvalue weighted by Gasteiger charge is 2.56. The molecule has 0 aliphatic carbocycles. The van der Waals surface area contributed by atoms with E-state index in [-0.39, 0.29) is 0 Å². The van der Waals surface area contributed by atoms with Crippen LogP contribution in [0.2, 0.25) is 0 Å². The summed E-state index contributed by atoms with van der Waals surface area (Å²) in [4.78, 5) is 0. The molecule has 0 aromatic heterocycles. The van der Waals surface area contributed by atoms with Gasteiger partial charge >= 0.3 is 0 Å². The molecule has 3 atom stereocenters. The van der Waals surface area contributed by atoms with Crippen molar-refractivity contribution in [3.05, 3.63) is 63.0 Å². The standard InChI is InChI=1S/C22H26Br2P/c1-2-22(18-5-7-19(23)8-6-18)14-17-4-3-13-25(15-17,16-22)21-11-9-20(24)10-12-21/h5-12,17H,2-4,13-16H2,1H3/q+1. The smallest absolute Gasteiger partial charge is 0.0644 e. The lowest BCUT2D eigenvalue weighted by atomic mass is 9.72. The van der Waals surface area contributed by atoms with Crippen molar-refractivity contribution in [3.63, 3.8) is 0 Å². The third kappa shape index (κ3) is 3.40. The minimum Gasteiger partial charge on any atom is -0.0644 e. The largest absolute Gasteiger partial charge is 0.0940 e. The second-order valence-electron chi connectivity index (χ2n) is 8.04. The fourth-order valence-electron chi connectivity index (χ4n) is 5.42. The van der Waals surface area contributed by atoms with Gasteiger partial charge in [0.1, 0.15) is 0 Å².